The fourth-order valence-electron chi connectivity index (χ4n) is 3.62. The third-order valence-corrected chi connectivity index (χ3v) is 7.14. The molecule has 0 bridgehead atoms. The van der Waals surface area contributed by atoms with Crippen LogP contribution in [0, 0.1) is 11.7 Å². The zero-order chi connectivity index (χ0) is 21.4. The van der Waals surface area contributed by atoms with Gasteiger partial charge in [-0.1, -0.05) is 13.0 Å². The molecule has 2 N–H and O–H groups in total. The van der Waals surface area contributed by atoms with E-state index in [1.54, 1.807) is 12.1 Å². The quantitative estimate of drug-likeness (QED) is 0.416. The summed E-state index contributed by atoms with van der Waals surface area (Å²) in [5, 5.41) is 6.76. The lowest BCUT2D eigenvalue weighted by atomic mass is 9.99. The molecule has 30 heavy (non-hydrogen) atoms. The summed E-state index contributed by atoms with van der Waals surface area (Å²) < 4.78 is 25.8. The molecule has 0 radical (unpaired) electrons. The molecule has 1 aromatic rings. The van der Waals surface area contributed by atoms with Crippen LogP contribution in [0.2, 0.25) is 0 Å². The van der Waals surface area contributed by atoms with Crippen LogP contribution in [0.5, 0.6) is 5.75 Å². The smallest absolute Gasteiger partial charge is 0.191 e. The second-order valence-corrected chi connectivity index (χ2v) is 9.97. The summed E-state index contributed by atoms with van der Waals surface area (Å²) in [5.74, 6) is 2.49. The highest BCUT2D eigenvalue weighted by atomic mass is 32.2. The molecule has 7 heteroatoms. The summed E-state index contributed by atoms with van der Waals surface area (Å²) in [7, 11) is 0. The number of ether oxygens (including phenoxy) is 2. The Morgan fingerprint density at radius 1 is 1.33 bits per heavy atom. The maximum Gasteiger partial charge on any atom is 0.191 e. The molecule has 1 unspecified atom stereocenters. The highest BCUT2D eigenvalue weighted by molar-refractivity contribution is 8.00. The van der Waals surface area contributed by atoms with E-state index < -0.39 is 0 Å². The molecule has 2 aliphatic rings. The molecule has 1 saturated carbocycles. The van der Waals surface area contributed by atoms with Gasteiger partial charge in [0.15, 0.2) is 17.5 Å². The molecule has 0 aromatic heterocycles. The van der Waals surface area contributed by atoms with Crippen molar-refractivity contribution in [3.63, 3.8) is 0 Å². The number of halogens is 1. The lowest BCUT2D eigenvalue weighted by molar-refractivity contribution is 0.0793. The van der Waals surface area contributed by atoms with Gasteiger partial charge in [0, 0.05) is 24.5 Å². The Morgan fingerprint density at radius 2 is 2.10 bits per heavy atom. The van der Waals surface area contributed by atoms with E-state index in [9.17, 15) is 4.39 Å². The summed E-state index contributed by atoms with van der Waals surface area (Å²) in [6.45, 7) is 10.0. The van der Waals surface area contributed by atoms with Crippen LogP contribution < -0.4 is 15.4 Å². The van der Waals surface area contributed by atoms with Gasteiger partial charge in [-0.05, 0) is 68.9 Å². The van der Waals surface area contributed by atoms with Crippen LogP contribution in [0.4, 0.5) is 4.39 Å². The number of nitrogens with zero attached hydrogens (tertiary/aromatic N) is 1. The Kier molecular flexibility index (Phi) is 8.69. The molecule has 1 heterocycles. The van der Waals surface area contributed by atoms with Crippen LogP contribution in [0.25, 0.3) is 0 Å². The molecule has 3 rings (SSSR count). The molecule has 2 fully saturated rings. The van der Waals surface area contributed by atoms with Crippen LogP contribution in [0.1, 0.15) is 58.1 Å². The van der Waals surface area contributed by atoms with Gasteiger partial charge in [0.05, 0.1) is 19.2 Å². The second kappa shape index (κ2) is 11.2. The lowest BCUT2D eigenvalue weighted by Crippen LogP contribution is -2.42. The topological polar surface area (TPSA) is 54.9 Å². The molecular formula is C23H36FN3O2S. The second-order valence-electron chi connectivity index (χ2n) is 8.23. The van der Waals surface area contributed by atoms with Gasteiger partial charge in [-0.3, -0.25) is 4.99 Å². The first-order chi connectivity index (χ1) is 14.5. The van der Waals surface area contributed by atoms with E-state index in [4.69, 9.17) is 14.5 Å². The van der Waals surface area contributed by atoms with Crippen LogP contribution in [0.3, 0.4) is 0 Å². The summed E-state index contributed by atoms with van der Waals surface area (Å²) in [6.07, 6.45) is 4.44. The van der Waals surface area contributed by atoms with Crippen LogP contribution >= 0.6 is 11.8 Å². The number of hydrogen-bond acceptors (Lipinski definition) is 4. The van der Waals surface area contributed by atoms with Crippen molar-refractivity contribution in [3.8, 4) is 5.75 Å². The van der Waals surface area contributed by atoms with Crippen LogP contribution in [0.15, 0.2) is 23.2 Å². The zero-order valence-electron chi connectivity index (χ0n) is 18.5. The number of benzene rings is 1. The largest absolute Gasteiger partial charge is 0.490 e. The van der Waals surface area contributed by atoms with Gasteiger partial charge in [0.25, 0.3) is 0 Å². The average molecular weight is 438 g/mol. The van der Waals surface area contributed by atoms with E-state index in [0.29, 0.717) is 18.3 Å². The first-order valence-corrected chi connectivity index (χ1v) is 12.2. The van der Waals surface area contributed by atoms with Crippen molar-refractivity contribution in [2.45, 2.75) is 57.2 Å². The summed E-state index contributed by atoms with van der Waals surface area (Å²) >= 11 is 1.98. The Bertz CT molecular complexity index is 700. The first-order valence-electron chi connectivity index (χ1n) is 11.2. The maximum absolute atomic E-state index is 14.5. The predicted octanol–water partition coefficient (Wildman–Crippen LogP) is 4.53. The highest BCUT2D eigenvalue weighted by Gasteiger charge is 2.32. The van der Waals surface area contributed by atoms with Crippen molar-refractivity contribution in [2.75, 3.05) is 38.7 Å². The third-order valence-electron chi connectivity index (χ3n) is 5.70. The minimum atomic E-state index is -0.302. The van der Waals surface area contributed by atoms with Gasteiger partial charge >= 0.3 is 0 Å². The number of hydrogen-bond donors (Lipinski definition) is 2. The van der Waals surface area contributed by atoms with E-state index in [0.717, 1.165) is 56.4 Å². The van der Waals surface area contributed by atoms with E-state index in [2.05, 4.69) is 24.5 Å². The van der Waals surface area contributed by atoms with Crippen LogP contribution in [-0.2, 0) is 4.74 Å². The van der Waals surface area contributed by atoms with Crippen molar-refractivity contribution >= 4 is 17.7 Å². The molecule has 0 spiro atoms. The minimum Gasteiger partial charge on any atom is -0.490 e. The van der Waals surface area contributed by atoms with Gasteiger partial charge < -0.3 is 20.1 Å². The van der Waals surface area contributed by atoms with Crippen molar-refractivity contribution in [1.29, 1.82) is 0 Å². The Balaban J connectivity index is 1.62. The molecule has 1 aromatic carbocycles. The number of thioether (sulfide) groups is 1. The third kappa shape index (κ3) is 6.77. The first kappa shape index (κ1) is 23.2. The monoisotopic (exact) mass is 437 g/mol. The predicted molar refractivity (Wildman–Crippen MR) is 123 cm³/mol. The van der Waals surface area contributed by atoms with Gasteiger partial charge in [0.1, 0.15) is 0 Å². The van der Waals surface area contributed by atoms with Gasteiger partial charge in [0.2, 0.25) is 0 Å². The Labute approximate surface area is 184 Å². The fourth-order valence-corrected chi connectivity index (χ4v) is 4.85. The van der Waals surface area contributed by atoms with Crippen molar-refractivity contribution in [3.05, 3.63) is 29.6 Å². The molecule has 168 valence electrons. The van der Waals surface area contributed by atoms with Crippen molar-refractivity contribution in [2.24, 2.45) is 10.9 Å². The van der Waals surface area contributed by atoms with Crippen molar-refractivity contribution in [1.82, 2.24) is 10.6 Å². The minimum absolute atomic E-state index is 0.0701. The lowest BCUT2D eigenvalue weighted by Gasteiger charge is -2.35. The Hall–Kier alpha value is -1.47. The normalized spacial score (nSPS) is 19.9. The standard InChI is InChI=1S/C23H36FN3O2S/c1-4-25-22(26-16-23(30-5-2)10-12-28-13-11-23)27-17(3)19-8-9-21(20(24)14-19)29-15-18-6-7-18/h8-9,14,17-18H,4-7,10-13,15-16H2,1-3H3,(H2,25,26,27). The number of nitrogens with one attached hydrogen (secondary N) is 2. The summed E-state index contributed by atoms with van der Waals surface area (Å²) in [6, 6.07) is 5.17. The molecule has 5 nitrogen and oxygen atoms in total. The molecule has 1 saturated heterocycles. The number of rotatable bonds is 10. The van der Waals surface area contributed by atoms with Crippen LogP contribution in [-0.4, -0.2) is 49.4 Å². The zero-order valence-corrected chi connectivity index (χ0v) is 19.3. The van der Waals surface area contributed by atoms with E-state index >= 15 is 0 Å². The summed E-state index contributed by atoms with van der Waals surface area (Å²) in [5.41, 5.74) is 0.876. The van der Waals surface area contributed by atoms with E-state index in [1.165, 1.54) is 12.8 Å². The van der Waals surface area contributed by atoms with Crippen molar-refractivity contribution < 1.29 is 13.9 Å². The van der Waals surface area contributed by atoms with Gasteiger partial charge in [-0.2, -0.15) is 11.8 Å². The molecule has 1 aliphatic heterocycles. The molecule has 1 atom stereocenters. The number of aliphatic imine (C=N–C) groups is 1. The van der Waals surface area contributed by atoms with E-state index in [-0.39, 0.29) is 16.6 Å². The van der Waals surface area contributed by atoms with Gasteiger partial charge in [-0.15, -0.1) is 0 Å². The fraction of sp³-hybridized carbons (Fsp3) is 0.696. The maximum atomic E-state index is 14.5. The summed E-state index contributed by atoms with van der Waals surface area (Å²) in [4.78, 5) is 4.89. The number of guanidine groups is 1. The van der Waals surface area contributed by atoms with Gasteiger partial charge in [-0.25, -0.2) is 4.39 Å². The molecular weight excluding hydrogens is 401 g/mol. The molecule has 1 aliphatic carbocycles. The highest BCUT2D eigenvalue weighted by Crippen LogP contribution is 2.36. The SMILES string of the molecule is CCNC(=NCC1(SCC)CCOCC1)NC(C)c1ccc(OCC2CC2)c(F)c1. The molecule has 0 amide bonds. The average Bonchev–Trinajstić information content (AvgIpc) is 3.57. The Morgan fingerprint density at radius 3 is 2.73 bits per heavy atom. The van der Waals surface area contributed by atoms with E-state index in [1.807, 2.05) is 24.8 Å².